The van der Waals surface area contributed by atoms with Crippen molar-refractivity contribution in [3.05, 3.63) is 95.8 Å². The van der Waals surface area contributed by atoms with Crippen molar-refractivity contribution in [2.75, 3.05) is 48.9 Å². The number of hydrogen-bond donors (Lipinski definition) is 2. The lowest BCUT2D eigenvalue weighted by Gasteiger charge is -2.30. The third kappa shape index (κ3) is 6.26. The van der Waals surface area contributed by atoms with Gasteiger partial charge < -0.3 is 25.0 Å². The number of amides is 2. The number of carbonyl (C=O) groups excluding carboxylic acids is 2. The number of nitrogens with zero attached hydrogens (tertiary/aromatic N) is 3. The molecule has 1 fully saturated rings. The van der Waals surface area contributed by atoms with Crippen LogP contribution in [0.1, 0.15) is 15.9 Å². The topological polar surface area (TPSA) is 97.7 Å². The molecule has 11 heteroatoms. The molecule has 206 valence electrons. The first-order chi connectivity index (χ1) is 19.4. The lowest BCUT2D eigenvalue weighted by molar-refractivity contribution is -0.115. The number of anilines is 3. The first-order valence-corrected chi connectivity index (χ1v) is 12.6. The number of methoxy groups -OCH3 is 1. The molecule has 0 saturated carbocycles. The molecule has 1 aliphatic rings. The van der Waals surface area contributed by atoms with Crippen molar-refractivity contribution in [1.82, 2.24) is 9.78 Å². The molecule has 0 unspecified atom stereocenters. The van der Waals surface area contributed by atoms with E-state index < -0.39 is 17.5 Å². The summed E-state index contributed by atoms with van der Waals surface area (Å²) in [5, 5.41) is 9.85. The number of ether oxygens (including phenoxy) is 2. The SMILES string of the molecule is COc1cc(NC(=O)c2cccc(-n3cc(NC(=O)Cc4ccc(F)c(F)c4)cn3)c2)ccc1N1CCOCC1. The van der Waals surface area contributed by atoms with E-state index in [1.807, 2.05) is 12.1 Å². The highest BCUT2D eigenvalue weighted by Gasteiger charge is 2.17. The van der Waals surface area contributed by atoms with Crippen LogP contribution in [0.2, 0.25) is 0 Å². The highest BCUT2D eigenvalue weighted by molar-refractivity contribution is 6.04. The zero-order valence-corrected chi connectivity index (χ0v) is 21.7. The van der Waals surface area contributed by atoms with E-state index >= 15 is 0 Å². The molecule has 9 nitrogen and oxygen atoms in total. The van der Waals surface area contributed by atoms with Gasteiger partial charge >= 0.3 is 0 Å². The smallest absolute Gasteiger partial charge is 0.255 e. The van der Waals surface area contributed by atoms with Crippen molar-refractivity contribution in [2.24, 2.45) is 0 Å². The molecular weight excluding hydrogens is 520 g/mol. The van der Waals surface area contributed by atoms with Gasteiger partial charge in [-0.25, -0.2) is 13.5 Å². The van der Waals surface area contributed by atoms with Gasteiger partial charge in [-0.2, -0.15) is 5.10 Å². The monoisotopic (exact) mass is 547 g/mol. The van der Waals surface area contributed by atoms with Crippen LogP contribution in [-0.4, -0.2) is 55.0 Å². The number of nitrogens with one attached hydrogen (secondary N) is 2. The van der Waals surface area contributed by atoms with Gasteiger partial charge in [0.1, 0.15) is 5.75 Å². The lowest BCUT2D eigenvalue weighted by Crippen LogP contribution is -2.36. The maximum absolute atomic E-state index is 13.4. The minimum atomic E-state index is -1.01. The van der Waals surface area contributed by atoms with Crippen LogP contribution in [0.3, 0.4) is 0 Å². The number of rotatable bonds is 8. The first kappa shape index (κ1) is 26.8. The Hall–Kier alpha value is -4.77. The van der Waals surface area contributed by atoms with Crippen LogP contribution in [0.4, 0.5) is 25.8 Å². The highest BCUT2D eigenvalue weighted by Crippen LogP contribution is 2.32. The number of morpholine rings is 1. The number of aromatic nitrogens is 2. The fraction of sp³-hybridized carbons (Fsp3) is 0.207. The fourth-order valence-corrected chi connectivity index (χ4v) is 4.38. The minimum absolute atomic E-state index is 0.129. The molecule has 0 aliphatic carbocycles. The summed E-state index contributed by atoms with van der Waals surface area (Å²) in [6.45, 7) is 2.84. The van der Waals surface area contributed by atoms with Crippen molar-refractivity contribution in [1.29, 1.82) is 0 Å². The van der Waals surface area contributed by atoms with Gasteiger partial charge in [0, 0.05) is 30.4 Å². The molecule has 3 aromatic carbocycles. The second kappa shape index (κ2) is 12.0. The van der Waals surface area contributed by atoms with Gasteiger partial charge in [0.2, 0.25) is 5.91 Å². The molecule has 2 heterocycles. The quantitative estimate of drug-likeness (QED) is 0.339. The lowest BCUT2D eigenvalue weighted by atomic mass is 10.1. The standard InChI is InChI=1S/C29H27F2N5O4/c1-39-27-16-21(6-8-26(27)35-9-11-40-12-10-35)34-29(38)20-3-2-4-23(15-20)36-18-22(17-32-36)33-28(37)14-19-5-7-24(30)25(31)13-19/h2-8,13,15-18H,9-12,14H2,1H3,(H,33,37)(H,34,38). The second-order valence-corrected chi connectivity index (χ2v) is 9.14. The molecule has 0 bridgehead atoms. The molecule has 40 heavy (non-hydrogen) atoms. The second-order valence-electron chi connectivity index (χ2n) is 9.14. The zero-order valence-electron chi connectivity index (χ0n) is 21.7. The largest absolute Gasteiger partial charge is 0.495 e. The van der Waals surface area contributed by atoms with Crippen LogP contribution >= 0.6 is 0 Å². The van der Waals surface area contributed by atoms with Gasteiger partial charge in [0.15, 0.2) is 11.6 Å². The average molecular weight is 548 g/mol. The van der Waals surface area contributed by atoms with E-state index in [-0.39, 0.29) is 12.3 Å². The van der Waals surface area contributed by atoms with E-state index in [1.165, 1.54) is 16.9 Å². The molecule has 1 aliphatic heterocycles. The summed E-state index contributed by atoms with van der Waals surface area (Å²) in [6, 6.07) is 15.7. The molecule has 2 amide bonds. The Bertz CT molecular complexity index is 1530. The minimum Gasteiger partial charge on any atom is -0.495 e. The molecule has 0 atom stereocenters. The summed E-state index contributed by atoms with van der Waals surface area (Å²) in [5.74, 6) is -2.04. The van der Waals surface area contributed by atoms with Gasteiger partial charge in [-0.3, -0.25) is 9.59 Å². The third-order valence-electron chi connectivity index (χ3n) is 6.38. The van der Waals surface area contributed by atoms with Crippen molar-refractivity contribution in [2.45, 2.75) is 6.42 Å². The van der Waals surface area contributed by atoms with Crippen LogP contribution in [-0.2, 0) is 16.0 Å². The molecule has 1 saturated heterocycles. The number of carbonyl (C=O) groups is 2. The average Bonchev–Trinajstić information content (AvgIpc) is 3.43. The Balaban J connectivity index is 1.24. The Labute approximate surface area is 229 Å². The van der Waals surface area contributed by atoms with Gasteiger partial charge in [-0.05, 0) is 48.0 Å². The first-order valence-electron chi connectivity index (χ1n) is 12.6. The van der Waals surface area contributed by atoms with Crippen LogP contribution < -0.4 is 20.3 Å². The van der Waals surface area contributed by atoms with Crippen molar-refractivity contribution < 1.29 is 27.8 Å². The molecule has 2 N–H and O–H groups in total. The summed E-state index contributed by atoms with van der Waals surface area (Å²) >= 11 is 0. The summed E-state index contributed by atoms with van der Waals surface area (Å²) in [4.78, 5) is 27.6. The van der Waals surface area contributed by atoms with Crippen LogP contribution in [0, 0.1) is 11.6 Å². The number of benzene rings is 3. The van der Waals surface area contributed by atoms with E-state index in [1.54, 1.807) is 43.6 Å². The Morgan fingerprint density at radius 3 is 2.58 bits per heavy atom. The van der Waals surface area contributed by atoms with E-state index in [0.717, 1.165) is 30.9 Å². The Kier molecular flexibility index (Phi) is 8.02. The predicted molar refractivity (Wildman–Crippen MR) is 146 cm³/mol. The molecule has 4 aromatic rings. The number of hydrogen-bond acceptors (Lipinski definition) is 6. The highest BCUT2D eigenvalue weighted by atomic mass is 19.2. The van der Waals surface area contributed by atoms with E-state index in [9.17, 15) is 18.4 Å². The number of halogens is 2. The third-order valence-corrected chi connectivity index (χ3v) is 6.38. The summed E-state index contributed by atoms with van der Waals surface area (Å²) in [6.07, 6.45) is 2.92. The molecule has 5 rings (SSSR count). The molecule has 1 aromatic heterocycles. The van der Waals surface area contributed by atoms with Crippen molar-refractivity contribution >= 4 is 28.9 Å². The van der Waals surface area contributed by atoms with Crippen LogP contribution in [0.15, 0.2) is 73.1 Å². The van der Waals surface area contributed by atoms with Crippen LogP contribution in [0.5, 0.6) is 5.75 Å². The van der Waals surface area contributed by atoms with Crippen molar-refractivity contribution in [3.63, 3.8) is 0 Å². The zero-order chi connectivity index (χ0) is 28.1. The van der Waals surface area contributed by atoms with Crippen molar-refractivity contribution in [3.8, 4) is 11.4 Å². The maximum Gasteiger partial charge on any atom is 0.255 e. The summed E-state index contributed by atoms with van der Waals surface area (Å²) < 4.78 is 39.1. The van der Waals surface area contributed by atoms with Gasteiger partial charge in [0.05, 0.1) is 56.2 Å². The molecular formula is C29H27F2N5O4. The van der Waals surface area contributed by atoms with Gasteiger partial charge in [-0.15, -0.1) is 0 Å². The predicted octanol–water partition coefficient (Wildman–Crippen LogP) is 4.43. The van der Waals surface area contributed by atoms with E-state index in [4.69, 9.17) is 9.47 Å². The summed E-state index contributed by atoms with van der Waals surface area (Å²) in [7, 11) is 1.59. The Morgan fingerprint density at radius 2 is 1.80 bits per heavy atom. The summed E-state index contributed by atoms with van der Waals surface area (Å²) in [5.41, 5.74) is 3.31. The van der Waals surface area contributed by atoms with Gasteiger partial charge in [0.25, 0.3) is 5.91 Å². The van der Waals surface area contributed by atoms with E-state index in [0.29, 0.717) is 47.2 Å². The maximum atomic E-state index is 13.4. The van der Waals surface area contributed by atoms with Crippen LogP contribution in [0.25, 0.3) is 5.69 Å². The normalized spacial score (nSPS) is 13.1. The fourth-order valence-electron chi connectivity index (χ4n) is 4.38. The molecule has 0 radical (unpaired) electrons. The van der Waals surface area contributed by atoms with E-state index in [2.05, 4.69) is 20.6 Å². The molecule has 0 spiro atoms. The Morgan fingerprint density at radius 1 is 0.975 bits per heavy atom. The van der Waals surface area contributed by atoms with Gasteiger partial charge in [-0.1, -0.05) is 12.1 Å².